The van der Waals surface area contributed by atoms with Crippen molar-refractivity contribution in [3.05, 3.63) is 49.8 Å². The third-order valence-corrected chi connectivity index (χ3v) is 5.56. The summed E-state index contributed by atoms with van der Waals surface area (Å²) in [4.78, 5) is 37.9. The molecule has 6 nitrogen and oxygen atoms in total. The second kappa shape index (κ2) is 9.61. The minimum Gasteiger partial charge on any atom is -0.459 e. The number of ether oxygens (including phenoxy) is 2. The van der Waals surface area contributed by atoms with Crippen molar-refractivity contribution in [1.82, 2.24) is 0 Å². The quantitative estimate of drug-likeness (QED) is 0.558. The Bertz CT molecular complexity index is 953. The molecule has 0 saturated carbocycles. The van der Waals surface area contributed by atoms with Crippen LogP contribution in [0.3, 0.4) is 0 Å². The summed E-state index contributed by atoms with van der Waals surface area (Å²) in [5.41, 5.74) is 0.753. The van der Waals surface area contributed by atoms with Crippen molar-refractivity contribution < 1.29 is 23.9 Å². The molecule has 2 rings (SSSR count). The van der Waals surface area contributed by atoms with E-state index in [1.807, 2.05) is 0 Å². The van der Waals surface area contributed by atoms with Crippen LogP contribution in [0.5, 0.6) is 0 Å². The average Bonchev–Trinajstić information content (AvgIpc) is 2.92. The Balaban J connectivity index is 2.44. The Kier molecular flexibility index (Phi) is 7.68. The van der Waals surface area contributed by atoms with E-state index in [1.165, 1.54) is 18.2 Å². The number of rotatable bonds is 6. The van der Waals surface area contributed by atoms with Crippen molar-refractivity contribution in [2.24, 2.45) is 0 Å². The zero-order chi connectivity index (χ0) is 21.9. The number of carbonyl (C=O) groups excluding carboxylic acids is 3. The molecule has 2 aromatic rings. The summed E-state index contributed by atoms with van der Waals surface area (Å²) in [7, 11) is 0. The van der Waals surface area contributed by atoms with Gasteiger partial charge in [0.2, 0.25) is 0 Å². The monoisotopic (exact) mass is 457 g/mol. The molecular formula is C20H21Cl2NO5S. The number of amides is 1. The van der Waals surface area contributed by atoms with Crippen molar-refractivity contribution in [2.45, 2.75) is 46.8 Å². The van der Waals surface area contributed by atoms with Crippen molar-refractivity contribution in [3.63, 3.8) is 0 Å². The third kappa shape index (κ3) is 5.72. The summed E-state index contributed by atoms with van der Waals surface area (Å²) in [5, 5.41) is 3.40. The number of anilines is 1. The molecule has 0 spiro atoms. The lowest BCUT2D eigenvalue weighted by Crippen LogP contribution is -2.17. The molecular weight excluding hydrogens is 437 g/mol. The van der Waals surface area contributed by atoms with Crippen LogP contribution < -0.4 is 5.32 Å². The summed E-state index contributed by atoms with van der Waals surface area (Å²) in [6.07, 6.45) is -0.698. The molecule has 0 unspecified atom stereocenters. The van der Waals surface area contributed by atoms with Crippen LogP contribution >= 0.6 is 34.5 Å². The molecule has 0 aliphatic carbocycles. The Morgan fingerprint density at radius 3 is 2.10 bits per heavy atom. The molecule has 0 bridgehead atoms. The smallest absolute Gasteiger partial charge is 0.348 e. The molecule has 0 aliphatic heterocycles. The predicted molar refractivity (Wildman–Crippen MR) is 115 cm³/mol. The molecule has 0 atom stereocenters. The Hall–Kier alpha value is -2.09. The van der Waals surface area contributed by atoms with Gasteiger partial charge in [0, 0.05) is 5.56 Å². The Morgan fingerprint density at radius 2 is 1.55 bits per heavy atom. The number of halogens is 2. The fraction of sp³-hybridized carbons (Fsp3) is 0.350. The molecule has 1 aromatic carbocycles. The highest BCUT2D eigenvalue weighted by molar-refractivity contribution is 7.18. The fourth-order valence-electron chi connectivity index (χ4n) is 2.40. The van der Waals surface area contributed by atoms with E-state index in [-0.39, 0.29) is 38.2 Å². The van der Waals surface area contributed by atoms with Gasteiger partial charge in [0.05, 0.1) is 27.8 Å². The summed E-state index contributed by atoms with van der Waals surface area (Å²) >= 11 is 12.8. The van der Waals surface area contributed by atoms with Crippen LogP contribution in [-0.2, 0) is 9.47 Å². The lowest BCUT2D eigenvalue weighted by molar-refractivity contribution is 0.0378. The lowest BCUT2D eigenvalue weighted by atomic mass is 10.1. The van der Waals surface area contributed by atoms with E-state index in [0.717, 1.165) is 11.3 Å². The topological polar surface area (TPSA) is 81.7 Å². The minimum absolute atomic E-state index is 0.118. The summed E-state index contributed by atoms with van der Waals surface area (Å²) < 4.78 is 10.5. The molecule has 9 heteroatoms. The van der Waals surface area contributed by atoms with Crippen LogP contribution in [0, 0.1) is 6.92 Å². The molecule has 0 fully saturated rings. The number of benzene rings is 1. The second-order valence-corrected chi connectivity index (χ2v) is 8.59. The van der Waals surface area contributed by atoms with Crippen molar-refractivity contribution >= 4 is 57.4 Å². The van der Waals surface area contributed by atoms with E-state index >= 15 is 0 Å². The zero-order valence-corrected chi connectivity index (χ0v) is 18.9. The van der Waals surface area contributed by atoms with E-state index in [1.54, 1.807) is 34.6 Å². The van der Waals surface area contributed by atoms with E-state index in [4.69, 9.17) is 32.7 Å². The molecule has 1 aromatic heterocycles. The molecule has 0 radical (unpaired) electrons. The van der Waals surface area contributed by atoms with Crippen LogP contribution in [0.1, 0.15) is 63.6 Å². The summed E-state index contributed by atoms with van der Waals surface area (Å²) in [6, 6.07) is 4.42. The third-order valence-electron chi connectivity index (χ3n) is 3.63. The highest BCUT2D eigenvalue weighted by Crippen LogP contribution is 2.35. The average molecular weight is 458 g/mol. The zero-order valence-electron chi connectivity index (χ0n) is 16.6. The van der Waals surface area contributed by atoms with Crippen molar-refractivity contribution in [1.29, 1.82) is 0 Å². The first-order chi connectivity index (χ1) is 13.5. The number of esters is 2. The lowest BCUT2D eigenvalue weighted by Gasteiger charge is -2.11. The van der Waals surface area contributed by atoms with Gasteiger partial charge in [-0.05, 0) is 58.4 Å². The molecule has 1 heterocycles. The van der Waals surface area contributed by atoms with Gasteiger partial charge in [-0.2, -0.15) is 0 Å². The second-order valence-electron chi connectivity index (χ2n) is 6.75. The van der Waals surface area contributed by atoms with Gasteiger partial charge in [-0.1, -0.05) is 23.2 Å². The van der Waals surface area contributed by atoms with Crippen LogP contribution in [0.2, 0.25) is 10.0 Å². The standard InChI is InChI=1S/C20H21Cl2NO5S/c1-9(2)27-19(25)15-11(5)16(20(26)28-10(3)4)29-18(15)23-17(24)12-6-7-13(21)14(22)8-12/h6-10H,1-5H3,(H,23,24). The fourth-order valence-corrected chi connectivity index (χ4v) is 3.77. The molecule has 0 saturated heterocycles. The van der Waals surface area contributed by atoms with Gasteiger partial charge in [0.25, 0.3) is 5.91 Å². The van der Waals surface area contributed by atoms with Gasteiger partial charge in [-0.15, -0.1) is 11.3 Å². The maximum absolute atomic E-state index is 12.7. The normalized spacial score (nSPS) is 10.9. The van der Waals surface area contributed by atoms with Crippen molar-refractivity contribution in [3.8, 4) is 0 Å². The minimum atomic E-state index is -0.637. The summed E-state index contributed by atoms with van der Waals surface area (Å²) in [6.45, 7) is 8.48. The first-order valence-corrected chi connectivity index (χ1v) is 10.4. The first-order valence-electron chi connectivity index (χ1n) is 8.83. The Labute approximate surface area is 183 Å². The largest absolute Gasteiger partial charge is 0.459 e. The number of thiophene rings is 1. The van der Waals surface area contributed by atoms with Gasteiger partial charge in [-0.25, -0.2) is 9.59 Å². The van der Waals surface area contributed by atoms with Gasteiger partial charge >= 0.3 is 11.9 Å². The predicted octanol–water partition coefficient (Wildman–Crippen LogP) is 5.75. The van der Waals surface area contributed by atoms with Crippen LogP contribution in [0.25, 0.3) is 0 Å². The van der Waals surface area contributed by atoms with Crippen LogP contribution in [-0.4, -0.2) is 30.1 Å². The molecule has 156 valence electrons. The SMILES string of the molecule is Cc1c(C(=O)OC(C)C)sc(NC(=O)c2ccc(Cl)c(Cl)c2)c1C(=O)OC(C)C. The van der Waals surface area contributed by atoms with Crippen LogP contribution in [0.15, 0.2) is 18.2 Å². The van der Waals surface area contributed by atoms with Crippen molar-refractivity contribution in [2.75, 3.05) is 5.32 Å². The maximum Gasteiger partial charge on any atom is 0.348 e. The number of carbonyl (C=O) groups is 3. The van der Waals surface area contributed by atoms with Gasteiger partial charge in [-0.3, -0.25) is 4.79 Å². The molecule has 1 amide bonds. The maximum atomic E-state index is 12.7. The number of nitrogens with one attached hydrogen (secondary N) is 1. The van der Waals surface area contributed by atoms with Crippen LogP contribution in [0.4, 0.5) is 5.00 Å². The number of hydrogen-bond acceptors (Lipinski definition) is 6. The highest BCUT2D eigenvalue weighted by Gasteiger charge is 2.28. The van der Waals surface area contributed by atoms with Gasteiger partial charge < -0.3 is 14.8 Å². The summed E-state index contributed by atoms with van der Waals surface area (Å²) in [5.74, 6) is -1.72. The Morgan fingerprint density at radius 1 is 0.966 bits per heavy atom. The highest BCUT2D eigenvalue weighted by atomic mass is 35.5. The first kappa shape index (κ1) is 23.2. The van der Waals surface area contributed by atoms with E-state index in [9.17, 15) is 14.4 Å². The van der Waals surface area contributed by atoms with Gasteiger partial charge in [0.1, 0.15) is 9.88 Å². The van der Waals surface area contributed by atoms with Gasteiger partial charge in [0.15, 0.2) is 0 Å². The molecule has 1 N–H and O–H groups in total. The van der Waals surface area contributed by atoms with E-state index < -0.39 is 17.8 Å². The van der Waals surface area contributed by atoms with E-state index in [2.05, 4.69) is 5.32 Å². The van der Waals surface area contributed by atoms with E-state index in [0.29, 0.717) is 10.6 Å². The molecule has 29 heavy (non-hydrogen) atoms. The number of hydrogen-bond donors (Lipinski definition) is 1. The molecule has 0 aliphatic rings.